The number of ether oxygens (including phenoxy) is 1. The van der Waals surface area contributed by atoms with Gasteiger partial charge in [-0.2, -0.15) is 0 Å². The van der Waals surface area contributed by atoms with Gasteiger partial charge in [0.1, 0.15) is 5.60 Å². The Morgan fingerprint density at radius 2 is 1.73 bits per heavy atom. The van der Waals surface area contributed by atoms with Crippen molar-refractivity contribution in [2.75, 3.05) is 0 Å². The fourth-order valence-corrected chi connectivity index (χ4v) is 7.40. The zero-order chi connectivity index (χ0) is 19.4. The quantitative estimate of drug-likeness (QED) is 0.534. The number of rotatable bonds is 5. The van der Waals surface area contributed by atoms with Crippen molar-refractivity contribution in [2.45, 2.75) is 93.1 Å². The van der Waals surface area contributed by atoms with Crippen molar-refractivity contribution < 1.29 is 9.53 Å². The van der Waals surface area contributed by atoms with E-state index in [1.165, 1.54) is 12.8 Å². The topological polar surface area (TPSA) is 26.3 Å². The van der Waals surface area contributed by atoms with Crippen LogP contribution in [0.4, 0.5) is 0 Å². The molecule has 0 aromatic heterocycles. The van der Waals surface area contributed by atoms with E-state index < -0.39 is 0 Å². The van der Waals surface area contributed by atoms with E-state index in [1.807, 2.05) is 0 Å². The Balaban J connectivity index is 1.87. The lowest BCUT2D eigenvalue weighted by Crippen LogP contribution is -2.55. The normalized spacial score (nSPS) is 43.0. The minimum atomic E-state index is -0.251. The van der Waals surface area contributed by atoms with Crippen molar-refractivity contribution in [3.63, 3.8) is 0 Å². The molecule has 3 rings (SSSR count). The molecule has 8 unspecified atom stereocenters. The lowest BCUT2D eigenvalue weighted by molar-refractivity contribution is -0.197. The van der Waals surface area contributed by atoms with Crippen molar-refractivity contribution in [1.82, 2.24) is 0 Å². The Morgan fingerprint density at radius 3 is 2.27 bits per heavy atom. The van der Waals surface area contributed by atoms with E-state index in [0.29, 0.717) is 11.8 Å². The summed E-state index contributed by atoms with van der Waals surface area (Å²) >= 11 is 0. The van der Waals surface area contributed by atoms with Gasteiger partial charge in [-0.05, 0) is 67.6 Å². The molecule has 3 aliphatic rings. The first-order chi connectivity index (χ1) is 12.0. The number of carbonyl (C=O) groups excluding carboxylic acids is 1. The number of hydrogen-bond donors (Lipinski definition) is 0. The zero-order valence-corrected chi connectivity index (χ0v) is 18.5. The van der Waals surface area contributed by atoms with Gasteiger partial charge >= 0.3 is 5.97 Å². The Hall–Kier alpha value is -0.530. The molecule has 2 bridgehead atoms. The van der Waals surface area contributed by atoms with E-state index in [4.69, 9.17) is 4.74 Å². The summed E-state index contributed by atoms with van der Waals surface area (Å²) in [4.78, 5) is 13.2. The third-order valence-corrected chi connectivity index (χ3v) is 8.37. The molecule has 3 aliphatic carbocycles. The molecule has 2 nitrogen and oxygen atoms in total. The summed E-state index contributed by atoms with van der Waals surface area (Å²) in [6.45, 7) is 18.4. The van der Waals surface area contributed by atoms with Crippen LogP contribution in [-0.2, 0) is 9.53 Å². The predicted molar refractivity (Wildman–Crippen MR) is 108 cm³/mol. The molecule has 0 aromatic carbocycles. The molecule has 3 saturated carbocycles. The fourth-order valence-electron chi connectivity index (χ4n) is 7.40. The van der Waals surface area contributed by atoms with Gasteiger partial charge in [0.15, 0.2) is 0 Å². The average Bonchev–Trinajstić information content (AvgIpc) is 3.15. The summed E-state index contributed by atoms with van der Waals surface area (Å²) in [6.07, 6.45) is 5.59. The second-order valence-electron chi connectivity index (χ2n) is 11.4. The predicted octanol–water partition coefficient (Wildman–Crippen LogP) is 6.33. The first-order valence-electron chi connectivity index (χ1n) is 11.2. The molecule has 8 atom stereocenters. The first-order valence-corrected chi connectivity index (χ1v) is 11.2. The van der Waals surface area contributed by atoms with E-state index in [0.717, 1.165) is 48.9 Å². The molecule has 2 heteroatoms. The largest absolute Gasteiger partial charge is 0.458 e. The minimum absolute atomic E-state index is 0.00865. The number of fused-ring (bicyclic) bond motifs is 5. The summed E-state index contributed by atoms with van der Waals surface area (Å²) < 4.78 is 6.60. The van der Waals surface area contributed by atoms with Crippen LogP contribution < -0.4 is 0 Å². The van der Waals surface area contributed by atoms with Gasteiger partial charge in [-0.1, -0.05) is 55.4 Å². The summed E-state index contributed by atoms with van der Waals surface area (Å²) in [5.41, 5.74) is -0.243. The van der Waals surface area contributed by atoms with Crippen LogP contribution in [0.25, 0.3) is 0 Å². The van der Waals surface area contributed by atoms with Crippen LogP contribution >= 0.6 is 0 Å². The molecular formula is C24H42O2. The maximum absolute atomic E-state index is 13.2. The van der Waals surface area contributed by atoms with E-state index in [-0.39, 0.29) is 22.9 Å². The highest BCUT2D eigenvalue weighted by Crippen LogP contribution is 2.69. The average molecular weight is 363 g/mol. The fraction of sp³-hybridized carbons (Fsp3) is 0.958. The van der Waals surface area contributed by atoms with E-state index in [2.05, 4.69) is 55.4 Å². The van der Waals surface area contributed by atoms with Crippen LogP contribution in [0, 0.1) is 52.8 Å². The maximum atomic E-state index is 13.2. The lowest BCUT2D eigenvalue weighted by Gasteiger charge is -2.51. The first kappa shape index (κ1) is 20.2. The molecule has 0 spiro atoms. The molecule has 150 valence electrons. The number of hydrogen-bond acceptors (Lipinski definition) is 2. The minimum Gasteiger partial charge on any atom is -0.458 e. The highest BCUT2D eigenvalue weighted by Gasteiger charge is 2.69. The second kappa shape index (κ2) is 6.82. The number of carbonyl (C=O) groups is 1. The van der Waals surface area contributed by atoms with Gasteiger partial charge in [0.2, 0.25) is 0 Å². The van der Waals surface area contributed by atoms with E-state index in [9.17, 15) is 4.79 Å². The SMILES string of the molecule is CCC(CC(C)C)C(=O)OC1(C(C)(C)C)CC2CC1C1C(C)CC(C)C21. The molecular weight excluding hydrogens is 320 g/mol. The Labute approximate surface area is 161 Å². The number of esters is 1. The zero-order valence-electron chi connectivity index (χ0n) is 18.5. The van der Waals surface area contributed by atoms with Crippen LogP contribution in [0.5, 0.6) is 0 Å². The molecule has 0 aliphatic heterocycles. The second-order valence-corrected chi connectivity index (χ2v) is 11.4. The van der Waals surface area contributed by atoms with Gasteiger partial charge < -0.3 is 4.74 Å². The smallest absolute Gasteiger partial charge is 0.309 e. The van der Waals surface area contributed by atoms with Gasteiger partial charge in [0.05, 0.1) is 5.92 Å². The van der Waals surface area contributed by atoms with Crippen LogP contribution in [0.2, 0.25) is 0 Å². The Kier molecular flexibility index (Phi) is 5.30. The standard InChI is InChI=1S/C24H42O2/c1-9-17(10-14(2)3)22(25)26-24(23(6,7)8)13-18-12-19(24)21-16(5)11-15(4)20(18)21/h14-21H,9-13H2,1-8H3. The molecule has 0 heterocycles. The van der Waals surface area contributed by atoms with Gasteiger partial charge in [-0.25, -0.2) is 0 Å². The highest BCUT2D eigenvalue weighted by atomic mass is 16.6. The molecule has 0 N–H and O–H groups in total. The molecule has 26 heavy (non-hydrogen) atoms. The van der Waals surface area contributed by atoms with Crippen molar-refractivity contribution in [3.05, 3.63) is 0 Å². The third kappa shape index (κ3) is 3.04. The monoisotopic (exact) mass is 362 g/mol. The van der Waals surface area contributed by atoms with Crippen LogP contribution in [0.1, 0.15) is 87.5 Å². The van der Waals surface area contributed by atoms with E-state index in [1.54, 1.807) is 0 Å². The molecule has 0 amide bonds. The Morgan fingerprint density at radius 1 is 1.12 bits per heavy atom. The van der Waals surface area contributed by atoms with Gasteiger partial charge in [0, 0.05) is 11.3 Å². The summed E-state index contributed by atoms with van der Waals surface area (Å²) in [5, 5.41) is 0. The van der Waals surface area contributed by atoms with Gasteiger partial charge in [-0.15, -0.1) is 0 Å². The molecule has 0 radical (unpaired) electrons. The van der Waals surface area contributed by atoms with Gasteiger partial charge in [0.25, 0.3) is 0 Å². The lowest BCUT2D eigenvalue weighted by atomic mass is 9.60. The Bertz CT molecular complexity index is 531. The maximum Gasteiger partial charge on any atom is 0.309 e. The molecule has 3 fully saturated rings. The molecule has 0 saturated heterocycles. The van der Waals surface area contributed by atoms with Crippen molar-refractivity contribution in [1.29, 1.82) is 0 Å². The van der Waals surface area contributed by atoms with Gasteiger partial charge in [-0.3, -0.25) is 4.79 Å². The summed E-state index contributed by atoms with van der Waals surface area (Å²) in [5.74, 6) is 5.29. The van der Waals surface area contributed by atoms with E-state index >= 15 is 0 Å². The van der Waals surface area contributed by atoms with Crippen molar-refractivity contribution in [2.24, 2.45) is 52.8 Å². The summed E-state index contributed by atoms with van der Waals surface area (Å²) in [7, 11) is 0. The van der Waals surface area contributed by atoms with Crippen molar-refractivity contribution in [3.8, 4) is 0 Å². The highest BCUT2D eigenvalue weighted by molar-refractivity contribution is 5.73. The molecule has 0 aromatic rings. The van der Waals surface area contributed by atoms with Crippen LogP contribution in [0.3, 0.4) is 0 Å². The van der Waals surface area contributed by atoms with Crippen molar-refractivity contribution >= 4 is 5.97 Å². The van der Waals surface area contributed by atoms with Crippen LogP contribution in [0.15, 0.2) is 0 Å². The van der Waals surface area contributed by atoms with Crippen LogP contribution in [-0.4, -0.2) is 11.6 Å². The third-order valence-electron chi connectivity index (χ3n) is 8.37. The summed E-state index contributed by atoms with van der Waals surface area (Å²) in [6, 6.07) is 0.